The number of nitrogens with one attached hydrogen (secondary N) is 1. The standard InChI is InChI=1S/C7H8N2O3S/c1-6(10)9-13(11,12)7-3-2-4-8-5-7/h2-5H,1H3,(H,9,10). The zero-order valence-corrected chi connectivity index (χ0v) is 7.71. The summed E-state index contributed by atoms with van der Waals surface area (Å²) in [4.78, 5) is 14.1. The average molecular weight is 200 g/mol. The number of nitrogens with zero attached hydrogens (tertiary/aromatic N) is 1. The van der Waals surface area contributed by atoms with Gasteiger partial charge in [0.05, 0.1) is 0 Å². The molecule has 0 aliphatic rings. The number of aromatic nitrogens is 1. The average Bonchev–Trinajstić information content (AvgIpc) is 2.04. The summed E-state index contributed by atoms with van der Waals surface area (Å²) in [5.41, 5.74) is 0. The van der Waals surface area contributed by atoms with Crippen LogP contribution >= 0.6 is 0 Å². The van der Waals surface area contributed by atoms with Gasteiger partial charge in [-0.3, -0.25) is 9.78 Å². The van der Waals surface area contributed by atoms with Crippen molar-refractivity contribution in [2.75, 3.05) is 0 Å². The van der Waals surface area contributed by atoms with Gasteiger partial charge in [0.25, 0.3) is 10.0 Å². The molecule has 1 amide bonds. The Hall–Kier alpha value is -1.43. The SMILES string of the molecule is CC(=O)NS(=O)(=O)c1cccnc1. The van der Waals surface area contributed by atoms with Gasteiger partial charge in [-0.15, -0.1) is 0 Å². The second-order valence-electron chi connectivity index (χ2n) is 2.35. The van der Waals surface area contributed by atoms with Gasteiger partial charge in [-0.25, -0.2) is 13.1 Å². The Bertz CT molecular complexity index is 399. The van der Waals surface area contributed by atoms with Crippen molar-refractivity contribution in [1.82, 2.24) is 9.71 Å². The Balaban J connectivity index is 3.02. The molecule has 0 saturated carbocycles. The van der Waals surface area contributed by atoms with Crippen molar-refractivity contribution in [3.8, 4) is 0 Å². The first-order valence-corrected chi connectivity index (χ1v) is 4.94. The van der Waals surface area contributed by atoms with Crippen molar-refractivity contribution in [2.45, 2.75) is 11.8 Å². The molecule has 1 N–H and O–H groups in total. The highest BCUT2D eigenvalue weighted by Crippen LogP contribution is 2.04. The number of amides is 1. The van der Waals surface area contributed by atoms with Crippen molar-refractivity contribution >= 4 is 15.9 Å². The molecule has 0 unspecified atom stereocenters. The zero-order chi connectivity index (χ0) is 9.90. The summed E-state index contributed by atoms with van der Waals surface area (Å²) >= 11 is 0. The molecule has 0 fully saturated rings. The number of pyridine rings is 1. The summed E-state index contributed by atoms with van der Waals surface area (Å²) in [5, 5.41) is 0. The van der Waals surface area contributed by atoms with E-state index in [0.717, 1.165) is 6.92 Å². The lowest BCUT2D eigenvalue weighted by atomic mass is 10.5. The number of carbonyl (C=O) groups is 1. The summed E-state index contributed by atoms with van der Waals surface area (Å²) in [6.07, 6.45) is 2.62. The molecule has 13 heavy (non-hydrogen) atoms. The fraction of sp³-hybridized carbons (Fsp3) is 0.143. The van der Waals surface area contributed by atoms with Crippen LogP contribution in [0.25, 0.3) is 0 Å². The number of hydrogen-bond donors (Lipinski definition) is 1. The first kappa shape index (κ1) is 9.66. The fourth-order valence-electron chi connectivity index (χ4n) is 0.754. The van der Waals surface area contributed by atoms with E-state index in [9.17, 15) is 13.2 Å². The Morgan fingerprint density at radius 1 is 1.54 bits per heavy atom. The maximum Gasteiger partial charge on any atom is 0.265 e. The van der Waals surface area contributed by atoms with Crippen molar-refractivity contribution in [3.63, 3.8) is 0 Å². The van der Waals surface area contributed by atoms with E-state index in [0.29, 0.717) is 0 Å². The van der Waals surface area contributed by atoms with Crippen LogP contribution in [-0.4, -0.2) is 19.3 Å². The van der Waals surface area contributed by atoms with Gasteiger partial charge in [-0.2, -0.15) is 0 Å². The van der Waals surface area contributed by atoms with Gasteiger partial charge in [0.15, 0.2) is 0 Å². The second kappa shape index (κ2) is 3.53. The molecule has 6 heteroatoms. The van der Waals surface area contributed by atoms with Gasteiger partial charge < -0.3 is 0 Å². The molecule has 0 bridgehead atoms. The van der Waals surface area contributed by atoms with Crippen molar-refractivity contribution < 1.29 is 13.2 Å². The third-order valence-corrected chi connectivity index (χ3v) is 2.64. The Morgan fingerprint density at radius 3 is 2.69 bits per heavy atom. The molecule has 0 saturated heterocycles. The highest BCUT2D eigenvalue weighted by atomic mass is 32.2. The molecule has 1 aromatic heterocycles. The number of sulfonamides is 1. The number of carbonyl (C=O) groups excluding carboxylic acids is 1. The van der Waals surface area contributed by atoms with Gasteiger partial charge in [-0.1, -0.05) is 0 Å². The van der Waals surface area contributed by atoms with E-state index in [1.54, 1.807) is 0 Å². The number of hydrogen-bond acceptors (Lipinski definition) is 4. The molecule has 0 atom stereocenters. The molecule has 5 nitrogen and oxygen atoms in total. The lowest BCUT2D eigenvalue weighted by Gasteiger charge is -2.02. The maximum atomic E-state index is 11.3. The van der Waals surface area contributed by atoms with Crippen LogP contribution in [0.1, 0.15) is 6.92 Å². The van der Waals surface area contributed by atoms with E-state index in [4.69, 9.17) is 0 Å². The second-order valence-corrected chi connectivity index (χ2v) is 4.03. The van der Waals surface area contributed by atoms with Crippen LogP contribution in [-0.2, 0) is 14.8 Å². The molecule has 0 radical (unpaired) electrons. The minimum Gasteiger partial charge on any atom is -0.274 e. The minimum atomic E-state index is -3.72. The Labute approximate surface area is 75.9 Å². The molecule has 1 aromatic rings. The highest BCUT2D eigenvalue weighted by Gasteiger charge is 2.14. The van der Waals surface area contributed by atoms with Crippen molar-refractivity contribution in [2.24, 2.45) is 0 Å². The molecule has 0 aliphatic heterocycles. The van der Waals surface area contributed by atoms with Crippen LogP contribution in [0.2, 0.25) is 0 Å². The predicted octanol–water partition coefficient (Wildman–Crippen LogP) is -0.0936. The van der Waals surface area contributed by atoms with Gasteiger partial charge in [0.1, 0.15) is 4.90 Å². The normalized spacial score (nSPS) is 10.8. The Kier molecular flexibility index (Phi) is 2.62. The minimum absolute atomic E-state index is 0.0230. The van der Waals surface area contributed by atoms with E-state index in [1.807, 2.05) is 4.72 Å². The van der Waals surface area contributed by atoms with Crippen LogP contribution in [0.4, 0.5) is 0 Å². The summed E-state index contributed by atoms with van der Waals surface area (Å²) in [7, 11) is -3.72. The third-order valence-electron chi connectivity index (χ3n) is 1.22. The molecule has 0 aliphatic carbocycles. The molecule has 1 heterocycles. The number of rotatable bonds is 2. The summed E-state index contributed by atoms with van der Waals surface area (Å²) < 4.78 is 24.4. The monoisotopic (exact) mass is 200 g/mol. The zero-order valence-electron chi connectivity index (χ0n) is 6.89. The van der Waals surface area contributed by atoms with Gasteiger partial charge in [-0.05, 0) is 12.1 Å². The molecular formula is C7H8N2O3S. The lowest BCUT2D eigenvalue weighted by molar-refractivity contribution is -0.117. The fourth-order valence-corrected chi connectivity index (χ4v) is 1.71. The van der Waals surface area contributed by atoms with Crippen molar-refractivity contribution in [1.29, 1.82) is 0 Å². The van der Waals surface area contributed by atoms with E-state index in [2.05, 4.69) is 4.98 Å². The highest BCUT2D eigenvalue weighted by molar-refractivity contribution is 7.90. The maximum absolute atomic E-state index is 11.3. The summed E-state index contributed by atoms with van der Waals surface area (Å²) in [6.45, 7) is 1.13. The quantitative estimate of drug-likeness (QED) is 0.723. The third kappa shape index (κ3) is 2.51. The molecule has 70 valence electrons. The lowest BCUT2D eigenvalue weighted by Crippen LogP contribution is -2.28. The molecule has 0 aromatic carbocycles. The predicted molar refractivity (Wildman–Crippen MR) is 45.2 cm³/mol. The molecular weight excluding hydrogens is 192 g/mol. The van der Waals surface area contributed by atoms with Crippen LogP contribution in [0, 0.1) is 0 Å². The first-order valence-electron chi connectivity index (χ1n) is 3.46. The van der Waals surface area contributed by atoms with E-state index in [-0.39, 0.29) is 4.90 Å². The van der Waals surface area contributed by atoms with Crippen LogP contribution in [0.15, 0.2) is 29.4 Å². The van der Waals surface area contributed by atoms with E-state index in [1.165, 1.54) is 24.5 Å². The van der Waals surface area contributed by atoms with Gasteiger partial charge >= 0.3 is 0 Å². The molecule has 0 spiro atoms. The topological polar surface area (TPSA) is 76.1 Å². The summed E-state index contributed by atoms with van der Waals surface area (Å²) in [5.74, 6) is -0.621. The van der Waals surface area contributed by atoms with Crippen molar-refractivity contribution in [3.05, 3.63) is 24.5 Å². The van der Waals surface area contributed by atoms with Gasteiger partial charge in [0.2, 0.25) is 5.91 Å². The Morgan fingerprint density at radius 2 is 2.23 bits per heavy atom. The van der Waals surface area contributed by atoms with E-state index >= 15 is 0 Å². The van der Waals surface area contributed by atoms with E-state index < -0.39 is 15.9 Å². The first-order chi connectivity index (χ1) is 6.02. The van der Waals surface area contributed by atoms with Crippen LogP contribution < -0.4 is 4.72 Å². The molecule has 1 rings (SSSR count). The van der Waals surface area contributed by atoms with Crippen LogP contribution in [0.5, 0.6) is 0 Å². The smallest absolute Gasteiger partial charge is 0.265 e. The largest absolute Gasteiger partial charge is 0.274 e. The summed E-state index contributed by atoms with van der Waals surface area (Å²) in [6, 6.07) is 2.84. The van der Waals surface area contributed by atoms with Gasteiger partial charge in [0, 0.05) is 19.3 Å². The van der Waals surface area contributed by atoms with Crippen LogP contribution in [0.3, 0.4) is 0 Å².